The van der Waals surface area contributed by atoms with Gasteiger partial charge in [0.2, 0.25) is 5.91 Å². The van der Waals surface area contributed by atoms with Crippen molar-refractivity contribution in [3.63, 3.8) is 0 Å². The molecule has 0 radical (unpaired) electrons. The lowest BCUT2D eigenvalue weighted by Crippen LogP contribution is -2.62. The summed E-state index contributed by atoms with van der Waals surface area (Å²) in [6, 6.07) is 7.75. The molecule has 0 aliphatic carbocycles. The molecule has 1 aromatic rings. The van der Waals surface area contributed by atoms with Gasteiger partial charge >= 0.3 is 12.0 Å². The molecule has 2 atom stereocenters. The highest BCUT2D eigenvalue weighted by atomic mass is 16.5. The molecular weight excluding hydrogens is 272 g/mol. The van der Waals surface area contributed by atoms with E-state index in [1.165, 1.54) is 0 Å². The van der Waals surface area contributed by atoms with Gasteiger partial charge in [0.25, 0.3) is 0 Å². The van der Waals surface area contributed by atoms with Crippen molar-refractivity contribution >= 4 is 17.9 Å². The highest BCUT2D eigenvalue weighted by Crippen LogP contribution is 2.22. The van der Waals surface area contributed by atoms with Gasteiger partial charge in [0, 0.05) is 0 Å². The predicted octanol–water partition coefficient (Wildman–Crippen LogP) is 1.62. The number of ether oxygens (including phenoxy) is 1. The molecule has 0 saturated carbocycles. The largest absolute Gasteiger partial charge is 0.464 e. The molecule has 1 heterocycles. The van der Waals surface area contributed by atoms with E-state index in [-0.39, 0.29) is 25.0 Å². The number of β-lactam (4-membered cyclic amide) rings is 1. The summed E-state index contributed by atoms with van der Waals surface area (Å²) < 4.78 is 4.85. The second-order valence-corrected chi connectivity index (χ2v) is 4.82. The van der Waals surface area contributed by atoms with Gasteiger partial charge in [0.05, 0.1) is 19.1 Å². The SMILES string of the molecule is CCOC(=O)C1CC(=O)N1C(=O)NC(C)c1ccccc1. The summed E-state index contributed by atoms with van der Waals surface area (Å²) in [5.74, 6) is -0.912. The molecule has 1 N–H and O–H groups in total. The van der Waals surface area contributed by atoms with Crippen LogP contribution >= 0.6 is 0 Å². The van der Waals surface area contributed by atoms with E-state index in [4.69, 9.17) is 4.74 Å². The Morgan fingerprint density at radius 1 is 1.38 bits per heavy atom. The standard InChI is InChI=1S/C15H18N2O4/c1-3-21-14(19)12-9-13(18)17(12)15(20)16-10(2)11-7-5-4-6-8-11/h4-8,10,12H,3,9H2,1-2H3,(H,16,20). The van der Waals surface area contributed by atoms with Crippen LogP contribution in [0.1, 0.15) is 31.9 Å². The molecule has 6 nitrogen and oxygen atoms in total. The smallest absolute Gasteiger partial charge is 0.329 e. The van der Waals surface area contributed by atoms with Gasteiger partial charge in [0.1, 0.15) is 6.04 Å². The van der Waals surface area contributed by atoms with Gasteiger partial charge in [-0.1, -0.05) is 30.3 Å². The normalized spacial score (nSPS) is 18.7. The highest BCUT2D eigenvalue weighted by molar-refractivity contribution is 6.06. The van der Waals surface area contributed by atoms with Crippen LogP contribution < -0.4 is 5.32 Å². The van der Waals surface area contributed by atoms with Gasteiger partial charge in [-0.25, -0.2) is 14.5 Å². The number of imide groups is 1. The van der Waals surface area contributed by atoms with Crippen molar-refractivity contribution in [2.75, 3.05) is 6.61 Å². The third-order valence-corrected chi connectivity index (χ3v) is 3.37. The van der Waals surface area contributed by atoms with Gasteiger partial charge in [-0.05, 0) is 19.4 Å². The Kier molecular flexibility index (Phi) is 4.57. The maximum Gasteiger partial charge on any atom is 0.329 e. The van der Waals surface area contributed by atoms with Crippen molar-refractivity contribution in [2.45, 2.75) is 32.4 Å². The zero-order chi connectivity index (χ0) is 15.4. The van der Waals surface area contributed by atoms with Crippen molar-refractivity contribution in [2.24, 2.45) is 0 Å². The number of nitrogens with zero attached hydrogens (tertiary/aromatic N) is 1. The molecule has 0 aromatic heterocycles. The summed E-state index contributed by atoms with van der Waals surface area (Å²) in [5, 5.41) is 2.71. The van der Waals surface area contributed by atoms with Gasteiger partial charge in [-0.3, -0.25) is 4.79 Å². The Hall–Kier alpha value is -2.37. The Morgan fingerprint density at radius 3 is 2.62 bits per heavy atom. The van der Waals surface area contributed by atoms with E-state index in [1.807, 2.05) is 37.3 Å². The number of nitrogens with one attached hydrogen (secondary N) is 1. The molecule has 1 aliphatic heterocycles. The second kappa shape index (κ2) is 6.39. The molecule has 2 rings (SSSR count). The summed E-state index contributed by atoms with van der Waals surface area (Å²) >= 11 is 0. The van der Waals surface area contributed by atoms with E-state index in [1.54, 1.807) is 6.92 Å². The third kappa shape index (κ3) is 3.21. The van der Waals surface area contributed by atoms with Crippen molar-refractivity contribution in [3.05, 3.63) is 35.9 Å². The molecule has 1 fully saturated rings. The van der Waals surface area contributed by atoms with Gasteiger partial charge in [-0.2, -0.15) is 0 Å². The van der Waals surface area contributed by atoms with E-state index >= 15 is 0 Å². The summed E-state index contributed by atoms with van der Waals surface area (Å²) in [5.41, 5.74) is 0.923. The first kappa shape index (κ1) is 15.0. The van der Waals surface area contributed by atoms with Crippen LogP contribution in [0.5, 0.6) is 0 Å². The topological polar surface area (TPSA) is 75.7 Å². The van der Waals surface area contributed by atoms with Crippen molar-refractivity contribution in [1.29, 1.82) is 0 Å². The summed E-state index contributed by atoms with van der Waals surface area (Å²) in [6.45, 7) is 3.72. The second-order valence-electron chi connectivity index (χ2n) is 4.82. The molecule has 6 heteroatoms. The third-order valence-electron chi connectivity index (χ3n) is 3.37. The maximum absolute atomic E-state index is 12.1. The number of rotatable bonds is 4. The van der Waals surface area contributed by atoms with Crippen molar-refractivity contribution in [1.82, 2.24) is 10.2 Å². The monoisotopic (exact) mass is 290 g/mol. The van der Waals surface area contributed by atoms with E-state index in [0.29, 0.717) is 0 Å². The minimum Gasteiger partial charge on any atom is -0.464 e. The molecule has 0 spiro atoms. The molecule has 1 aromatic carbocycles. The van der Waals surface area contributed by atoms with Crippen LogP contribution in [0.3, 0.4) is 0 Å². The molecular formula is C15H18N2O4. The molecule has 3 amide bonds. The number of carbonyl (C=O) groups is 3. The van der Waals surface area contributed by atoms with Crippen LogP contribution in [0.4, 0.5) is 4.79 Å². The Labute approximate surface area is 123 Å². The Balaban J connectivity index is 1.99. The molecule has 21 heavy (non-hydrogen) atoms. The van der Waals surface area contributed by atoms with Crippen molar-refractivity contribution < 1.29 is 19.1 Å². The van der Waals surface area contributed by atoms with Crippen LogP contribution in [0.2, 0.25) is 0 Å². The first-order valence-electron chi connectivity index (χ1n) is 6.88. The van der Waals surface area contributed by atoms with E-state index < -0.39 is 18.0 Å². The first-order chi connectivity index (χ1) is 10.0. The molecule has 1 aliphatic rings. The fourth-order valence-corrected chi connectivity index (χ4v) is 2.18. The Bertz CT molecular complexity index is 544. The maximum atomic E-state index is 12.1. The number of amides is 3. The number of esters is 1. The fraction of sp³-hybridized carbons (Fsp3) is 0.400. The molecule has 2 unspecified atom stereocenters. The summed E-state index contributed by atoms with van der Waals surface area (Å²) in [4.78, 5) is 36.3. The molecule has 1 saturated heterocycles. The number of hydrogen-bond donors (Lipinski definition) is 1. The summed E-state index contributed by atoms with van der Waals surface area (Å²) in [7, 11) is 0. The van der Waals surface area contributed by atoms with Gasteiger partial charge in [0.15, 0.2) is 0 Å². The summed E-state index contributed by atoms with van der Waals surface area (Å²) in [6.07, 6.45) is 0.0198. The average molecular weight is 290 g/mol. The van der Waals surface area contributed by atoms with Crippen LogP contribution in [0.15, 0.2) is 30.3 Å². The zero-order valence-electron chi connectivity index (χ0n) is 12.0. The fourth-order valence-electron chi connectivity index (χ4n) is 2.18. The highest BCUT2D eigenvalue weighted by Gasteiger charge is 2.46. The van der Waals surface area contributed by atoms with Crippen molar-refractivity contribution in [3.8, 4) is 0 Å². The lowest BCUT2D eigenvalue weighted by molar-refractivity contribution is -0.161. The lowest BCUT2D eigenvalue weighted by atomic mass is 10.0. The quantitative estimate of drug-likeness (QED) is 0.675. The molecule has 112 valence electrons. The van der Waals surface area contributed by atoms with E-state index in [2.05, 4.69) is 5.32 Å². The minimum atomic E-state index is -0.805. The lowest BCUT2D eigenvalue weighted by Gasteiger charge is -2.37. The van der Waals surface area contributed by atoms with Gasteiger partial charge in [-0.15, -0.1) is 0 Å². The number of likely N-dealkylation sites (tertiary alicyclic amines) is 1. The average Bonchev–Trinajstić information content (AvgIpc) is 2.45. The van der Waals surface area contributed by atoms with Crippen LogP contribution in [0, 0.1) is 0 Å². The van der Waals surface area contributed by atoms with Gasteiger partial charge < -0.3 is 10.1 Å². The van der Waals surface area contributed by atoms with Crippen LogP contribution in [-0.4, -0.2) is 35.5 Å². The zero-order valence-corrected chi connectivity index (χ0v) is 12.0. The molecule has 0 bridgehead atoms. The Morgan fingerprint density at radius 2 is 2.05 bits per heavy atom. The van der Waals surface area contributed by atoms with Crippen LogP contribution in [0.25, 0.3) is 0 Å². The minimum absolute atomic E-state index is 0.0198. The van der Waals surface area contributed by atoms with Crippen LogP contribution in [-0.2, 0) is 14.3 Å². The number of hydrogen-bond acceptors (Lipinski definition) is 4. The van der Waals surface area contributed by atoms with E-state index in [9.17, 15) is 14.4 Å². The predicted molar refractivity (Wildman–Crippen MR) is 75.3 cm³/mol. The number of benzene rings is 1. The first-order valence-corrected chi connectivity index (χ1v) is 6.88. The number of carbonyl (C=O) groups excluding carboxylic acids is 3. The number of urea groups is 1. The van der Waals surface area contributed by atoms with E-state index in [0.717, 1.165) is 10.5 Å².